The van der Waals surface area contributed by atoms with Crippen LogP contribution < -0.4 is 0 Å². The minimum absolute atomic E-state index is 0.613. The van der Waals surface area contributed by atoms with E-state index < -0.39 is 0 Å². The molecule has 0 aliphatic heterocycles. The van der Waals surface area contributed by atoms with Crippen LogP contribution in [0.15, 0.2) is 224 Å². The molecule has 5 nitrogen and oxygen atoms in total. The summed E-state index contributed by atoms with van der Waals surface area (Å²) in [6.45, 7) is 0. The van der Waals surface area contributed by atoms with Gasteiger partial charge in [-0.05, 0) is 59.2 Å². The molecule has 12 aromatic rings. The molecule has 0 saturated carbocycles. The number of para-hydroxylation sites is 4. The lowest BCUT2D eigenvalue weighted by atomic mass is 9.92. The van der Waals surface area contributed by atoms with E-state index in [-0.39, 0.29) is 0 Å². The molecule has 0 amide bonds. The molecule has 0 aliphatic carbocycles. The van der Waals surface area contributed by atoms with Gasteiger partial charge in [0.15, 0.2) is 17.5 Å². The zero-order valence-electron chi connectivity index (χ0n) is 33.6. The SMILES string of the molecule is c1ccc(-c2nc(-c3ccccc3)nc(-c3ccccc3-n3c4ccccc4c4c(-c5ccc(-c6ccccc6)c6c5c5ccccc5n6-c5ccccc5)cccc43)n2)cc1. The topological polar surface area (TPSA) is 48.5 Å². The molecular formula is C57H37N5. The molecule has 290 valence electrons. The van der Waals surface area contributed by atoms with Gasteiger partial charge in [-0.2, -0.15) is 0 Å². The Morgan fingerprint density at radius 2 is 0.726 bits per heavy atom. The molecule has 62 heavy (non-hydrogen) atoms. The maximum atomic E-state index is 5.18. The first-order valence-corrected chi connectivity index (χ1v) is 21.0. The van der Waals surface area contributed by atoms with Crippen LogP contribution in [0.3, 0.4) is 0 Å². The molecule has 5 heteroatoms. The standard InChI is InChI=1S/C57H37N5/c1-5-20-38(21-6-1)42-36-37-44(53-46-29-14-16-32-48(46)61(54(42)53)41-26-11-4-12-27-41)43-31-19-35-51-52(43)45-28-13-17-33-49(45)62(51)50-34-18-15-30-47(50)57-59-55(39-22-7-2-8-23-39)58-56(60-57)40-24-9-3-10-25-40/h1-37H. The Balaban J connectivity index is 1.14. The summed E-state index contributed by atoms with van der Waals surface area (Å²) >= 11 is 0. The van der Waals surface area contributed by atoms with Gasteiger partial charge in [-0.15, -0.1) is 0 Å². The minimum Gasteiger partial charge on any atom is -0.309 e. The van der Waals surface area contributed by atoms with E-state index in [1.54, 1.807) is 0 Å². The first kappa shape index (κ1) is 35.5. The van der Waals surface area contributed by atoms with Gasteiger partial charge in [-0.25, -0.2) is 15.0 Å². The fraction of sp³-hybridized carbons (Fsp3) is 0. The third kappa shape index (κ3) is 5.75. The van der Waals surface area contributed by atoms with Crippen LogP contribution in [0.4, 0.5) is 0 Å². The first-order valence-electron chi connectivity index (χ1n) is 21.0. The second-order valence-corrected chi connectivity index (χ2v) is 15.5. The van der Waals surface area contributed by atoms with Crippen molar-refractivity contribution in [2.45, 2.75) is 0 Å². The maximum Gasteiger partial charge on any atom is 0.166 e. The summed E-state index contributed by atoms with van der Waals surface area (Å²) in [4.78, 5) is 15.4. The summed E-state index contributed by atoms with van der Waals surface area (Å²) in [7, 11) is 0. The highest BCUT2D eigenvalue weighted by Gasteiger charge is 2.24. The maximum absolute atomic E-state index is 5.18. The van der Waals surface area contributed by atoms with Gasteiger partial charge in [0.05, 0.1) is 27.8 Å². The summed E-state index contributed by atoms with van der Waals surface area (Å²) in [6.07, 6.45) is 0. The van der Waals surface area contributed by atoms with E-state index >= 15 is 0 Å². The van der Waals surface area contributed by atoms with E-state index in [1.165, 1.54) is 54.8 Å². The Morgan fingerprint density at radius 3 is 1.39 bits per heavy atom. The Hall–Kier alpha value is -8.41. The van der Waals surface area contributed by atoms with E-state index in [2.05, 4.69) is 197 Å². The molecule has 0 fully saturated rings. The molecule has 0 N–H and O–H groups in total. The molecule has 3 aromatic heterocycles. The van der Waals surface area contributed by atoms with Crippen LogP contribution in [0.1, 0.15) is 0 Å². The van der Waals surface area contributed by atoms with E-state index in [4.69, 9.17) is 15.0 Å². The summed E-state index contributed by atoms with van der Waals surface area (Å²) in [6, 6.07) is 79.3. The molecule has 0 spiro atoms. The number of hydrogen-bond donors (Lipinski definition) is 0. The minimum atomic E-state index is 0.613. The van der Waals surface area contributed by atoms with Gasteiger partial charge >= 0.3 is 0 Å². The number of benzene rings is 9. The van der Waals surface area contributed by atoms with E-state index in [1.807, 2.05) is 36.4 Å². The lowest BCUT2D eigenvalue weighted by Gasteiger charge is -2.15. The van der Waals surface area contributed by atoms with E-state index in [0.29, 0.717) is 17.5 Å². The zero-order chi connectivity index (χ0) is 41.0. The van der Waals surface area contributed by atoms with Crippen molar-refractivity contribution in [3.05, 3.63) is 224 Å². The molecule has 0 bridgehead atoms. The largest absolute Gasteiger partial charge is 0.309 e. The van der Waals surface area contributed by atoms with Crippen LogP contribution in [0.2, 0.25) is 0 Å². The van der Waals surface area contributed by atoms with Gasteiger partial charge in [0.2, 0.25) is 0 Å². The van der Waals surface area contributed by atoms with E-state index in [0.717, 1.165) is 39.1 Å². The van der Waals surface area contributed by atoms with Gasteiger partial charge in [0, 0.05) is 49.5 Å². The van der Waals surface area contributed by atoms with Crippen LogP contribution in [0, 0.1) is 0 Å². The van der Waals surface area contributed by atoms with Crippen molar-refractivity contribution in [2.24, 2.45) is 0 Å². The molecule has 0 atom stereocenters. The number of hydrogen-bond acceptors (Lipinski definition) is 3. The third-order valence-corrected chi connectivity index (χ3v) is 12.0. The van der Waals surface area contributed by atoms with Gasteiger partial charge in [-0.1, -0.05) is 182 Å². The number of fused-ring (bicyclic) bond motifs is 6. The summed E-state index contributed by atoms with van der Waals surface area (Å²) < 4.78 is 4.83. The molecule has 9 aromatic carbocycles. The number of rotatable bonds is 7. The highest BCUT2D eigenvalue weighted by atomic mass is 15.1. The summed E-state index contributed by atoms with van der Waals surface area (Å²) in [5.41, 5.74) is 14.2. The van der Waals surface area contributed by atoms with Gasteiger partial charge in [0.25, 0.3) is 0 Å². The van der Waals surface area contributed by atoms with Crippen LogP contribution in [-0.4, -0.2) is 24.1 Å². The Labute approximate surface area is 358 Å². The molecule has 12 rings (SSSR count). The van der Waals surface area contributed by atoms with Crippen molar-refractivity contribution in [1.82, 2.24) is 24.1 Å². The predicted octanol–water partition coefficient (Wildman–Crippen LogP) is 14.4. The van der Waals surface area contributed by atoms with Crippen molar-refractivity contribution >= 4 is 43.6 Å². The van der Waals surface area contributed by atoms with Crippen LogP contribution in [0.5, 0.6) is 0 Å². The molecule has 0 unspecified atom stereocenters. The predicted molar refractivity (Wildman–Crippen MR) is 256 cm³/mol. The third-order valence-electron chi connectivity index (χ3n) is 12.0. The quantitative estimate of drug-likeness (QED) is 0.162. The molecular weight excluding hydrogens is 755 g/mol. The molecule has 0 saturated heterocycles. The monoisotopic (exact) mass is 791 g/mol. The van der Waals surface area contributed by atoms with Gasteiger partial charge in [0.1, 0.15) is 0 Å². The smallest absolute Gasteiger partial charge is 0.166 e. The van der Waals surface area contributed by atoms with Crippen molar-refractivity contribution < 1.29 is 0 Å². The molecule has 0 aliphatic rings. The average Bonchev–Trinajstić information content (AvgIpc) is 3.88. The lowest BCUT2D eigenvalue weighted by molar-refractivity contribution is 1.06. The zero-order valence-corrected chi connectivity index (χ0v) is 33.6. The fourth-order valence-corrected chi connectivity index (χ4v) is 9.31. The van der Waals surface area contributed by atoms with Crippen molar-refractivity contribution in [3.8, 4) is 67.8 Å². The second-order valence-electron chi connectivity index (χ2n) is 15.5. The first-order chi connectivity index (χ1) is 30.8. The number of nitrogens with zero attached hydrogens (tertiary/aromatic N) is 5. The molecule has 0 radical (unpaired) electrons. The fourth-order valence-electron chi connectivity index (χ4n) is 9.31. The van der Waals surface area contributed by atoms with Crippen molar-refractivity contribution in [3.63, 3.8) is 0 Å². The second kappa shape index (κ2) is 14.7. The highest BCUT2D eigenvalue weighted by molar-refractivity contribution is 6.24. The van der Waals surface area contributed by atoms with E-state index in [9.17, 15) is 0 Å². The van der Waals surface area contributed by atoms with Crippen LogP contribution >= 0.6 is 0 Å². The summed E-state index contributed by atoms with van der Waals surface area (Å²) in [5.74, 6) is 1.88. The van der Waals surface area contributed by atoms with Gasteiger partial charge < -0.3 is 9.13 Å². The lowest BCUT2D eigenvalue weighted by Crippen LogP contribution is -2.03. The highest BCUT2D eigenvalue weighted by Crippen LogP contribution is 2.47. The number of aromatic nitrogens is 5. The van der Waals surface area contributed by atoms with Crippen LogP contribution in [-0.2, 0) is 0 Å². The van der Waals surface area contributed by atoms with Crippen molar-refractivity contribution in [1.29, 1.82) is 0 Å². The van der Waals surface area contributed by atoms with Crippen molar-refractivity contribution in [2.75, 3.05) is 0 Å². The Morgan fingerprint density at radius 1 is 0.274 bits per heavy atom. The average molecular weight is 792 g/mol. The normalized spacial score (nSPS) is 11.5. The van der Waals surface area contributed by atoms with Gasteiger partial charge in [-0.3, -0.25) is 0 Å². The molecule has 3 heterocycles. The Bertz CT molecular complexity index is 3550. The Kier molecular flexibility index (Phi) is 8.42. The summed E-state index contributed by atoms with van der Waals surface area (Å²) in [5, 5.41) is 4.80. The van der Waals surface area contributed by atoms with Crippen LogP contribution in [0.25, 0.3) is 111 Å².